The highest BCUT2D eigenvalue weighted by molar-refractivity contribution is 7.12. The van der Waals surface area contributed by atoms with Crippen molar-refractivity contribution >= 4 is 29.1 Å². The molecule has 0 spiro atoms. The average Bonchev–Trinajstić information content (AvgIpc) is 3.27. The van der Waals surface area contributed by atoms with Crippen molar-refractivity contribution in [2.24, 2.45) is 0 Å². The van der Waals surface area contributed by atoms with Crippen molar-refractivity contribution in [2.45, 2.75) is 19.1 Å². The standard InChI is InChI=1S/C20H20F3N3O3S/c1-13(24-17(27)16-3-2-12-30-16)18(28)25-8-10-26(11-9-25)19(29)14-4-6-15(7-5-14)20(21,22)23/h2-7,12-13H,8-11H2,1H3,(H,24,27). The van der Waals surface area contributed by atoms with E-state index in [9.17, 15) is 27.6 Å². The maximum Gasteiger partial charge on any atom is 0.416 e. The van der Waals surface area contributed by atoms with Gasteiger partial charge in [0.05, 0.1) is 10.4 Å². The third-order valence-corrected chi connectivity index (χ3v) is 5.67. The minimum absolute atomic E-state index is 0.166. The van der Waals surface area contributed by atoms with Crippen molar-refractivity contribution < 1.29 is 27.6 Å². The summed E-state index contributed by atoms with van der Waals surface area (Å²) in [6, 6.07) is 6.78. The van der Waals surface area contributed by atoms with Crippen LogP contribution in [-0.4, -0.2) is 59.7 Å². The van der Waals surface area contributed by atoms with Crippen LogP contribution in [0.4, 0.5) is 13.2 Å². The summed E-state index contributed by atoms with van der Waals surface area (Å²) < 4.78 is 38.0. The number of nitrogens with one attached hydrogen (secondary N) is 1. The van der Waals surface area contributed by atoms with Gasteiger partial charge >= 0.3 is 6.18 Å². The largest absolute Gasteiger partial charge is 0.416 e. The SMILES string of the molecule is CC(NC(=O)c1cccs1)C(=O)N1CCN(C(=O)c2ccc(C(F)(F)F)cc2)CC1. The lowest BCUT2D eigenvalue weighted by Gasteiger charge is -2.36. The molecule has 2 aromatic rings. The van der Waals surface area contributed by atoms with Crippen LogP contribution in [0.2, 0.25) is 0 Å². The molecule has 0 saturated carbocycles. The Bertz CT molecular complexity index is 906. The number of hydrogen-bond acceptors (Lipinski definition) is 4. The van der Waals surface area contributed by atoms with Crippen LogP contribution in [0, 0.1) is 0 Å². The number of alkyl halides is 3. The van der Waals surface area contributed by atoms with E-state index in [1.165, 1.54) is 16.2 Å². The predicted octanol–water partition coefficient (Wildman–Crippen LogP) is 2.87. The molecule has 6 nitrogen and oxygen atoms in total. The van der Waals surface area contributed by atoms with Crippen molar-refractivity contribution in [3.05, 3.63) is 57.8 Å². The van der Waals surface area contributed by atoms with E-state index >= 15 is 0 Å². The highest BCUT2D eigenvalue weighted by Crippen LogP contribution is 2.29. The summed E-state index contributed by atoms with van der Waals surface area (Å²) in [7, 11) is 0. The number of amides is 3. The van der Waals surface area contributed by atoms with Gasteiger partial charge in [-0.25, -0.2) is 0 Å². The van der Waals surface area contributed by atoms with E-state index in [1.807, 2.05) is 0 Å². The first kappa shape index (κ1) is 21.8. The van der Waals surface area contributed by atoms with Crippen LogP contribution < -0.4 is 5.32 Å². The molecule has 10 heteroatoms. The molecule has 1 N–H and O–H groups in total. The van der Waals surface area contributed by atoms with Gasteiger partial charge in [0.15, 0.2) is 0 Å². The van der Waals surface area contributed by atoms with Gasteiger partial charge in [0.1, 0.15) is 6.04 Å². The van der Waals surface area contributed by atoms with Crippen LogP contribution >= 0.6 is 11.3 Å². The number of carbonyl (C=O) groups excluding carboxylic acids is 3. The van der Waals surface area contributed by atoms with Gasteiger partial charge in [0, 0.05) is 31.7 Å². The summed E-state index contributed by atoms with van der Waals surface area (Å²) >= 11 is 1.28. The van der Waals surface area contributed by atoms with Gasteiger partial charge in [-0.15, -0.1) is 11.3 Å². The first-order valence-electron chi connectivity index (χ1n) is 9.26. The molecular formula is C20H20F3N3O3S. The molecule has 2 heterocycles. The second kappa shape index (κ2) is 8.86. The van der Waals surface area contributed by atoms with E-state index in [0.717, 1.165) is 24.3 Å². The summed E-state index contributed by atoms with van der Waals surface area (Å²) in [5, 5.41) is 4.44. The highest BCUT2D eigenvalue weighted by atomic mass is 32.1. The highest BCUT2D eigenvalue weighted by Gasteiger charge is 2.31. The van der Waals surface area contributed by atoms with Crippen LogP contribution in [0.25, 0.3) is 0 Å². The molecule has 30 heavy (non-hydrogen) atoms. The van der Waals surface area contributed by atoms with Gasteiger partial charge in [-0.3, -0.25) is 14.4 Å². The topological polar surface area (TPSA) is 69.7 Å². The van der Waals surface area contributed by atoms with E-state index in [2.05, 4.69) is 5.32 Å². The maximum atomic E-state index is 12.7. The van der Waals surface area contributed by atoms with Crippen LogP contribution in [-0.2, 0) is 11.0 Å². The Labute approximate surface area is 175 Å². The Hall–Kier alpha value is -2.88. The number of thiophene rings is 1. The Kier molecular flexibility index (Phi) is 6.45. The number of carbonyl (C=O) groups is 3. The molecule has 1 fully saturated rings. The summed E-state index contributed by atoms with van der Waals surface area (Å²) in [4.78, 5) is 40.8. The third-order valence-electron chi connectivity index (χ3n) is 4.80. The van der Waals surface area contributed by atoms with Gasteiger partial charge in [-0.05, 0) is 42.6 Å². The fourth-order valence-corrected chi connectivity index (χ4v) is 3.75. The summed E-state index contributed by atoms with van der Waals surface area (Å²) in [5.74, 6) is -0.946. The van der Waals surface area contributed by atoms with Gasteiger partial charge in [0.2, 0.25) is 5.91 Å². The van der Waals surface area contributed by atoms with Crippen molar-refractivity contribution in [2.75, 3.05) is 26.2 Å². The van der Waals surface area contributed by atoms with Gasteiger partial charge in [-0.2, -0.15) is 13.2 Å². The zero-order valence-corrected chi connectivity index (χ0v) is 16.9. The Morgan fingerprint density at radius 2 is 1.60 bits per heavy atom. The molecule has 1 aliphatic rings. The van der Waals surface area contributed by atoms with Crippen LogP contribution in [0.3, 0.4) is 0 Å². The quantitative estimate of drug-likeness (QED) is 0.797. The third kappa shape index (κ3) is 4.99. The molecule has 0 bridgehead atoms. The van der Waals surface area contributed by atoms with Gasteiger partial charge in [-0.1, -0.05) is 6.07 Å². The fraction of sp³-hybridized carbons (Fsp3) is 0.350. The summed E-state index contributed by atoms with van der Waals surface area (Å²) in [6.45, 7) is 2.69. The molecule has 0 radical (unpaired) electrons. The lowest BCUT2D eigenvalue weighted by Crippen LogP contribution is -2.55. The van der Waals surface area contributed by atoms with Crippen molar-refractivity contribution in [1.82, 2.24) is 15.1 Å². The first-order valence-corrected chi connectivity index (χ1v) is 10.1. The second-order valence-corrected chi connectivity index (χ2v) is 7.81. The molecule has 1 aromatic heterocycles. The molecule has 1 aliphatic heterocycles. The number of hydrogen-bond donors (Lipinski definition) is 1. The second-order valence-electron chi connectivity index (χ2n) is 6.87. The molecule has 0 aliphatic carbocycles. The van der Waals surface area contributed by atoms with Crippen molar-refractivity contribution in [3.8, 4) is 0 Å². The maximum absolute atomic E-state index is 12.7. The molecule has 3 amide bonds. The summed E-state index contributed by atoms with van der Waals surface area (Å²) in [5.41, 5.74) is -0.646. The van der Waals surface area contributed by atoms with E-state index in [-0.39, 0.29) is 49.5 Å². The molecular weight excluding hydrogens is 419 g/mol. The molecule has 3 rings (SSSR count). The van der Waals surface area contributed by atoms with E-state index in [0.29, 0.717) is 4.88 Å². The first-order chi connectivity index (χ1) is 14.2. The fourth-order valence-electron chi connectivity index (χ4n) is 3.13. The smallest absolute Gasteiger partial charge is 0.340 e. The minimum atomic E-state index is -4.46. The monoisotopic (exact) mass is 439 g/mol. The number of halogens is 3. The molecule has 1 saturated heterocycles. The number of nitrogens with zero attached hydrogens (tertiary/aromatic N) is 2. The number of rotatable bonds is 4. The van der Waals surface area contributed by atoms with Gasteiger partial charge < -0.3 is 15.1 Å². The molecule has 160 valence electrons. The van der Waals surface area contributed by atoms with Crippen LogP contribution in [0.5, 0.6) is 0 Å². The van der Waals surface area contributed by atoms with Crippen molar-refractivity contribution in [1.29, 1.82) is 0 Å². The predicted molar refractivity (Wildman–Crippen MR) is 105 cm³/mol. The lowest BCUT2D eigenvalue weighted by atomic mass is 10.1. The van der Waals surface area contributed by atoms with Gasteiger partial charge in [0.25, 0.3) is 11.8 Å². The Balaban J connectivity index is 1.53. The zero-order chi connectivity index (χ0) is 21.9. The van der Waals surface area contributed by atoms with E-state index in [4.69, 9.17) is 0 Å². The van der Waals surface area contributed by atoms with E-state index < -0.39 is 17.8 Å². The Morgan fingerprint density at radius 1 is 1.00 bits per heavy atom. The lowest BCUT2D eigenvalue weighted by molar-refractivity contribution is -0.137. The molecule has 1 atom stereocenters. The minimum Gasteiger partial charge on any atom is -0.340 e. The summed E-state index contributed by atoms with van der Waals surface area (Å²) in [6.07, 6.45) is -4.46. The van der Waals surface area contributed by atoms with E-state index in [1.54, 1.807) is 29.3 Å². The normalized spacial score (nSPS) is 15.6. The average molecular weight is 439 g/mol. The Morgan fingerprint density at radius 3 is 2.13 bits per heavy atom. The number of piperazine rings is 1. The number of benzene rings is 1. The van der Waals surface area contributed by atoms with Crippen LogP contribution in [0.1, 0.15) is 32.5 Å². The molecule has 1 aromatic carbocycles. The van der Waals surface area contributed by atoms with Crippen LogP contribution in [0.15, 0.2) is 41.8 Å². The van der Waals surface area contributed by atoms with Crippen molar-refractivity contribution in [3.63, 3.8) is 0 Å². The molecule has 1 unspecified atom stereocenters. The zero-order valence-electron chi connectivity index (χ0n) is 16.1.